The average molecular weight is 416 g/mol. The molecule has 164 valence electrons. The summed E-state index contributed by atoms with van der Waals surface area (Å²) in [5.74, 6) is 2.57. The van der Waals surface area contributed by atoms with E-state index < -0.39 is 0 Å². The van der Waals surface area contributed by atoms with E-state index >= 15 is 0 Å². The van der Waals surface area contributed by atoms with Crippen molar-refractivity contribution in [2.45, 2.75) is 46.1 Å². The molecule has 0 unspecified atom stereocenters. The SMILES string of the molecule is CCN1CCN(c2cc(CNC(=O)NCCCc3nc(C(C)C)no3)ccn2)CC1. The largest absolute Gasteiger partial charge is 0.354 e. The first-order valence-corrected chi connectivity index (χ1v) is 10.8. The minimum Gasteiger partial charge on any atom is -0.354 e. The van der Waals surface area contributed by atoms with Gasteiger partial charge in [0.15, 0.2) is 5.82 Å². The average Bonchev–Trinajstić information content (AvgIpc) is 3.25. The molecule has 1 saturated heterocycles. The van der Waals surface area contributed by atoms with Crippen LogP contribution < -0.4 is 15.5 Å². The van der Waals surface area contributed by atoms with E-state index in [0.717, 1.165) is 56.4 Å². The van der Waals surface area contributed by atoms with E-state index in [4.69, 9.17) is 4.52 Å². The molecule has 0 bridgehead atoms. The number of rotatable bonds is 9. The van der Waals surface area contributed by atoms with Crippen molar-refractivity contribution in [1.29, 1.82) is 0 Å². The predicted octanol–water partition coefficient (Wildman–Crippen LogP) is 2.16. The number of likely N-dealkylation sites (N-methyl/N-ethyl adjacent to an activating group) is 1. The monoisotopic (exact) mass is 415 g/mol. The van der Waals surface area contributed by atoms with E-state index in [1.807, 2.05) is 26.1 Å². The summed E-state index contributed by atoms with van der Waals surface area (Å²) >= 11 is 0. The number of aromatic nitrogens is 3. The highest BCUT2D eigenvalue weighted by atomic mass is 16.5. The number of piperazine rings is 1. The van der Waals surface area contributed by atoms with Crippen molar-refractivity contribution in [3.8, 4) is 0 Å². The highest BCUT2D eigenvalue weighted by Crippen LogP contribution is 2.15. The van der Waals surface area contributed by atoms with Gasteiger partial charge in [-0.2, -0.15) is 4.98 Å². The zero-order valence-corrected chi connectivity index (χ0v) is 18.2. The van der Waals surface area contributed by atoms with Gasteiger partial charge < -0.3 is 25.0 Å². The summed E-state index contributed by atoms with van der Waals surface area (Å²) < 4.78 is 5.21. The molecule has 0 saturated carbocycles. The first-order valence-electron chi connectivity index (χ1n) is 10.8. The fraction of sp³-hybridized carbons (Fsp3) is 0.619. The highest BCUT2D eigenvalue weighted by Gasteiger charge is 2.17. The summed E-state index contributed by atoms with van der Waals surface area (Å²) in [6.07, 6.45) is 3.21. The second-order valence-electron chi connectivity index (χ2n) is 7.86. The van der Waals surface area contributed by atoms with Gasteiger partial charge in [-0.15, -0.1) is 0 Å². The van der Waals surface area contributed by atoms with Gasteiger partial charge >= 0.3 is 6.03 Å². The molecule has 30 heavy (non-hydrogen) atoms. The summed E-state index contributed by atoms with van der Waals surface area (Å²) in [6.45, 7) is 12.4. The number of carbonyl (C=O) groups excluding carboxylic acids is 1. The summed E-state index contributed by atoms with van der Waals surface area (Å²) in [6, 6.07) is 3.82. The lowest BCUT2D eigenvalue weighted by atomic mass is 10.2. The highest BCUT2D eigenvalue weighted by molar-refractivity contribution is 5.73. The molecule has 9 nitrogen and oxygen atoms in total. The summed E-state index contributed by atoms with van der Waals surface area (Å²) in [7, 11) is 0. The first kappa shape index (κ1) is 22.0. The van der Waals surface area contributed by atoms with Crippen LogP contribution in [0.4, 0.5) is 10.6 Å². The van der Waals surface area contributed by atoms with Crippen molar-refractivity contribution in [3.05, 3.63) is 35.6 Å². The minimum atomic E-state index is -0.182. The Kier molecular flexibility index (Phi) is 8.01. The molecule has 9 heteroatoms. The van der Waals surface area contributed by atoms with Crippen molar-refractivity contribution in [3.63, 3.8) is 0 Å². The zero-order valence-electron chi connectivity index (χ0n) is 18.2. The summed E-state index contributed by atoms with van der Waals surface area (Å²) in [5.41, 5.74) is 1.04. The zero-order chi connectivity index (χ0) is 21.3. The van der Waals surface area contributed by atoms with Crippen molar-refractivity contribution in [2.24, 2.45) is 0 Å². The Morgan fingerprint density at radius 1 is 1.23 bits per heavy atom. The standard InChI is InChI=1S/C21H33N7O2/c1-4-27-10-12-28(13-11-27)18-14-17(7-9-22-18)15-24-21(29)23-8-5-6-19-25-20(16(2)3)26-30-19/h7,9,14,16H,4-6,8,10-13,15H2,1-3H3,(H2,23,24,29). The number of nitrogens with one attached hydrogen (secondary N) is 2. The fourth-order valence-electron chi connectivity index (χ4n) is 3.33. The number of hydrogen-bond acceptors (Lipinski definition) is 7. The van der Waals surface area contributed by atoms with Crippen molar-refractivity contribution < 1.29 is 9.32 Å². The van der Waals surface area contributed by atoms with Crippen LogP contribution in [0.3, 0.4) is 0 Å². The predicted molar refractivity (Wildman–Crippen MR) is 116 cm³/mol. The molecule has 2 aromatic rings. The third-order valence-electron chi connectivity index (χ3n) is 5.26. The third-order valence-corrected chi connectivity index (χ3v) is 5.26. The van der Waals surface area contributed by atoms with Crippen LogP contribution in [0.1, 0.15) is 50.4 Å². The van der Waals surface area contributed by atoms with Gasteiger partial charge in [0, 0.05) is 57.8 Å². The maximum absolute atomic E-state index is 12.1. The summed E-state index contributed by atoms with van der Waals surface area (Å²) in [4.78, 5) is 25.7. The summed E-state index contributed by atoms with van der Waals surface area (Å²) in [5, 5.41) is 9.72. The maximum Gasteiger partial charge on any atom is 0.315 e. The molecule has 2 N–H and O–H groups in total. The molecule has 1 fully saturated rings. The fourth-order valence-corrected chi connectivity index (χ4v) is 3.33. The minimum absolute atomic E-state index is 0.182. The van der Waals surface area contributed by atoms with Gasteiger partial charge in [-0.05, 0) is 30.7 Å². The Morgan fingerprint density at radius 3 is 2.73 bits per heavy atom. The molecular formula is C21H33N7O2. The quantitative estimate of drug-likeness (QED) is 0.606. The molecule has 0 aliphatic carbocycles. The Balaban J connectivity index is 1.36. The molecule has 2 aromatic heterocycles. The van der Waals surface area contributed by atoms with Gasteiger partial charge in [0.2, 0.25) is 5.89 Å². The number of nitrogens with zero attached hydrogens (tertiary/aromatic N) is 5. The van der Waals surface area contributed by atoms with Crippen LogP contribution >= 0.6 is 0 Å². The van der Waals surface area contributed by atoms with Crippen LogP contribution in [0.5, 0.6) is 0 Å². The van der Waals surface area contributed by atoms with Crippen LogP contribution in [-0.2, 0) is 13.0 Å². The van der Waals surface area contributed by atoms with Gasteiger partial charge in [0.25, 0.3) is 0 Å². The normalized spacial score (nSPS) is 14.9. The molecule has 1 aliphatic rings. The van der Waals surface area contributed by atoms with Crippen LogP contribution in [0.2, 0.25) is 0 Å². The molecule has 0 spiro atoms. The lowest BCUT2D eigenvalue weighted by Gasteiger charge is -2.34. The van der Waals surface area contributed by atoms with Crippen LogP contribution in [0.15, 0.2) is 22.9 Å². The number of urea groups is 1. The number of carbonyl (C=O) groups is 1. The second kappa shape index (κ2) is 10.9. The molecule has 0 aromatic carbocycles. The Hall–Kier alpha value is -2.68. The Morgan fingerprint density at radius 2 is 2.03 bits per heavy atom. The van der Waals surface area contributed by atoms with E-state index in [2.05, 4.69) is 48.5 Å². The van der Waals surface area contributed by atoms with Gasteiger partial charge in [-0.3, -0.25) is 0 Å². The van der Waals surface area contributed by atoms with Gasteiger partial charge in [0.05, 0.1) is 0 Å². The van der Waals surface area contributed by atoms with Crippen LogP contribution in [0.25, 0.3) is 0 Å². The molecule has 3 heterocycles. The first-order chi connectivity index (χ1) is 14.5. The van der Waals surface area contributed by atoms with Gasteiger partial charge in [-0.25, -0.2) is 9.78 Å². The number of amides is 2. The topological polar surface area (TPSA) is 99.4 Å². The second-order valence-corrected chi connectivity index (χ2v) is 7.86. The Labute approximate surface area is 178 Å². The van der Waals surface area contributed by atoms with Crippen LogP contribution in [-0.4, -0.2) is 65.3 Å². The van der Waals surface area contributed by atoms with Crippen LogP contribution in [0, 0.1) is 0 Å². The van der Waals surface area contributed by atoms with Gasteiger partial charge in [-0.1, -0.05) is 25.9 Å². The maximum atomic E-state index is 12.1. The van der Waals surface area contributed by atoms with E-state index in [1.54, 1.807) is 0 Å². The molecule has 0 atom stereocenters. The smallest absolute Gasteiger partial charge is 0.315 e. The van der Waals surface area contributed by atoms with E-state index in [1.165, 1.54) is 0 Å². The molecule has 1 aliphatic heterocycles. The van der Waals surface area contributed by atoms with Crippen molar-refractivity contribution in [2.75, 3.05) is 44.2 Å². The van der Waals surface area contributed by atoms with Crippen molar-refractivity contribution >= 4 is 11.8 Å². The number of aryl methyl sites for hydroxylation is 1. The number of pyridine rings is 1. The molecule has 0 radical (unpaired) electrons. The Bertz CT molecular complexity index is 800. The van der Waals surface area contributed by atoms with Gasteiger partial charge in [0.1, 0.15) is 5.82 Å². The van der Waals surface area contributed by atoms with E-state index in [9.17, 15) is 4.79 Å². The molecular weight excluding hydrogens is 382 g/mol. The van der Waals surface area contributed by atoms with E-state index in [-0.39, 0.29) is 11.9 Å². The third kappa shape index (κ3) is 6.41. The number of anilines is 1. The lowest BCUT2D eigenvalue weighted by Crippen LogP contribution is -2.46. The van der Waals surface area contributed by atoms with Crippen molar-refractivity contribution in [1.82, 2.24) is 30.7 Å². The molecule has 3 rings (SSSR count). The number of hydrogen-bond donors (Lipinski definition) is 2. The molecule has 2 amide bonds. The van der Waals surface area contributed by atoms with E-state index in [0.29, 0.717) is 25.4 Å². The lowest BCUT2D eigenvalue weighted by molar-refractivity contribution is 0.240.